The summed E-state index contributed by atoms with van der Waals surface area (Å²) < 4.78 is 26.1. The number of hydrogen-bond acceptors (Lipinski definition) is 4. The zero-order chi connectivity index (χ0) is 20.9. The van der Waals surface area contributed by atoms with Crippen molar-refractivity contribution in [1.82, 2.24) is 14.9 Å². The molecule has 1 aliphatic carbocycles. The fraction of sp³-hybridized carbons (Fsp3) is 0.667. The third-order valence-electron chi connectivity index (χ3n) is 5.93. The van der Waals surface area contributed by atoms with Crippen LogP contribution in [0.25, 0.3) is 0 Å². The molecule has 0 unspecified atom stereocenters. The van der Waals surface area contributed by atoms with E-state index < -0.39 is 10.0 Å². The van der Waals surface area contributed by atoms with E-state index in [9.17, 15) is 13.5 Å². The van der Waals surface area contributed by atoms with Crippen LogP contribution in [0.1, 0.15) is 55.7 Å². The maximum Gasteiger partial charge on any atom is 0.214 e. The first-order valence-electron chi connectivity index (χ1n) is 10.7. The number of rotatable bonds is 6. The van der Waals surface area contributed by atoms with Crippen molar-refractivity contribution in [3.63, 3.8) is 0 Å². The average Bonchev–Trinajstić information content (AvgIpc) is 2.72. The summed E-state index contributed by atoms with van der Waals surface area (Å²) in [6, 6.07) is 4.03. The van der Waals surface area contributed by atoms with Crippen molar-refractivity contribution in [1.29, 1.82) is 0 Å². The molecule has 0 atom stereocenters. The highest BCUT2D eigenvalue weighted by Gasteiger charge is 2.27. The van der Waals surface area contributed by atoms with Crippen molar-refractivity contribution in [3.05, 3.63) is 28.8 Å². The van der Waals surface area contributed by atoms with E-state index >= 15 is 0 Å². The maximum atomic E-state index is 12.2. The first kappa shape index (κ1) is 25.2. The lowest BCUT2D eigenvalue weighted by Crippen LogP contribution is -2.49. The number of aliphatic imine (C=N–C) groups is 1. The number of sulfonamides is 1. The molecule has 0 amide bonds. The highest BCUT2D eigenvalue weighted by atomic mass is 127. The number of phenolic OH excluding ortho intramolecular Hbond substituents is 1. The van der Waals surface area contributed by atoms with Crippen LogP contribution in [0.3, 0.4) is 0 Å². The number of halogens is 1. The molecule has 170 valence electrons. The van der Waals surface area contributed by atoms with Crippen molar-refractivity contribution in [2.75, 3.05) is 25.9 Å². The third kappa shape index (κ3) is 6.23. The van der Waals surface area contributed by atoms with E-state index in [4.69, 9.17) is 0 Å². The molecule has 1 aliphatic heterocycles. The molecule has 0 saturated carbocycles. The second-order valence-corrected chi connectivity index (χ2v) is 10.1. The van der Waals surface area contributed by atoms with E-state index in [0.29, 0.717) is 37.8 Å². The number of phenols is 1. The number of nitrogens with zero attached hydrogens (tertiary/aromatic N) is 2. The molecule has 9 heteroatoms. The quantitative estimate of drug-likeness (QED) is 0.288. The minimum atomic E-state index is -3.12. The predicted molar refractivity (Wildman–Crippen MR) is 132 cm³/mol. The summed E-state index contributed by atoms with van der Waals surface area (Å²) in [6.07, 6.45) is 6.63. The van der Waals surface area contributed by atoms with Crippen LogP contribution < -0.4 is 10.6 Å². The van der Waals surface area contributed by atoms with E-state index in [1.807, 2.05) is 13.0 Å². The summed E-state index contributed by atoms with van der Waals surface area (Å²) in [5, 5.41) is 17.1. The smallest absolute Gasteiger partial charge is 0.214 e. The fourth-order valence-electron chi connectivity index (χ4n) is 4.31. The highest BCUT2D eigenvalue weighted by Crippen LogP contribution is 2.30. The second-order valence-electron chi connectivity index (χ2n) is 7.97. The van der Waals surface area contributed by atoms with Crippen LogP contribution in [0.4, 0.5) is 0 Å². The van der Waals surface area contributed by atoms with Gasteiger partial charge in [-0.2, -0.15) is 0 Å². The van der Waals surface area contributed by atoms with E-state index in [-0.39, 0.29) is 35.8 Å². The molecule has 30 heavy (non-hydrogen) atoms. The van der Waals surface area contributed by atoms with Gasteiger partial charge >= 0.3 is 0 Å². The minimum absolute atomic E-state index is 0. The Morgan fingerprint density at radius 3 is 2.60 bits per heavy atom. The van der Waals surface area contributed by atoms with Gasteiger partial charge in [-0.25, -0.2) is 12.7 Å². The number of nitrogens with one attached hydrogen (secondary N) is 2. The lowest BCUT2D eigenvalue weighted by molar-refractivity contribution is 0.306. The molecule has 1 saturated heterocycles. The number of piperidine rings is 1. The Hall–Kier alpha value is -1.07. The number of aromatic hydroxyl groups is 1. The van der Waals surface area contributed by atoms with Gasteiger partial charge in [0.2, 0.25) is 10.0 Å². The van der Waals surface area contributed by atoms with Gasteiger partial charge in [-0.1, -0.05) is 13.0 Å². The molecule has 1 heterocycles. The van der Waals surface area contributed by atoms with E-state index in [1.165, 1.54) is 17.5 Å². The molecule has 2 aliphatic rings. The van der Waals surface area contributed by atoms with Crippen LogP contribution in [0, 0.1) is 0 Å². The summed E-state index contributed by atoms with van der Waals surface area (Å²) in [7, 11) is -1.39. The number of guanidine groups is 1. The first-order chi connectivity index (χ1) is 13.9. The topological polar surface area (TPSA) is 94.0 Å². The molecule has 7 nitrogen and oxygen atoms in total. The standard InChI is InChI=1S/C21H34N4O3S.HI/c1-3-14-29(27,28)25-12-10-17(11-13-25)24-21(22-2)23-15-19-18-7-5-4-6-16(18)8-9-20(19)26;/h8-9,17,26H,3-7,10-15H2,1-2H3,(H2,22,23,24);1H. The summed E-state index contributed by atoms with van der Waals surface area (Å²) in [5.74, 6) is 1.25. The third-order valence-corrected chi connectivity index (χ3v) is 8.01. The Balaban J connectivity index is 0.00000320. The SMILES string of the molecule is CCCS(=O)(=O)N1CCC(NC(=NC)NCc2c(O)ccc3c2CCCC3)CC1.I. The van der Waals surface area contributed by atoms with Gasteiger partial charge in [0.1, 0.15) is 5.75 Å². The van der Waals surface area contributed by atoms with Crippen LogP contribution in [0.15, 0.2) is 17.1 Å². The van der Waals surface area contributed by atoms with Crippen molar-refractivity contribution in [2.24, 2.45) is 4.99 Å². The van der Waals surface area contributed by atoms with Crippen LogP contribution >= 0.6 is 24.0 Å². The molecule has 3 N–H and O–H groups in total. The number of fused-ring (bicyclic) bond motifs is 1. The zero-order valence-corrected chi connectivity index (χ0v) is 21.1. The van der Waals surface area contributed by atoms with Crippen LogP contribution in [0.2, 0.25) is 0 Å². The van der Waals surface area contributed by atoms with Gasteiger partial charge in [-0.15, -0.1) is 24.0 Å². The number of benzene rings is 1. The van der Waals surface area contributed by atoms with Gasteiger partial charge < -0.3 is 15.7 Å². The summed E-state index contributed by atoms with van der Waals surface area (Å²) in [4.78, 5) is 4.32. The molecular weight excluding hydrogens is 515 g/mol. The van der Waals surface area contributed by atoms with Crippen molar-refractivity contribution >= 4 is 40.0 Å². The Bertz CT molecular complexity index is 837. The lowest BCUT2D eigenvalue weighted by atomic mass is 9.88. The zero-order valence-electron chi connectivity index (χ0n) is 18.0. The van der Waals surface area contributed by atoms with Crippen LogP contribution in [-0.2, 0) is 29.4 Å². The maximum absolute atomic E-state index is 12.2. The van der Waals surface area contributed by atoms with E-state index in [0.717, 1.165) is 37.7 Å². The summed E-state index contributed by atoms with van der Waals surface area (Å²) >= 11 is 0. The summed E-state index contributed by atoms with van der Waals surface area (Å²) in [5.41, 5.74) is 3.58. The van der Waals surface area contributed by atoms with Crippen molar-refractivity contribution < 1.29 is 13.5 Å². The Kier molecular flexibility index (Phi) is 9.67. The predicted octanol–water partition coefficient (Wildman–Crippen LogP) is 2.76. The van der Waals surface area contributed by atoms with Gasteiger partial charge in [-0.3, -0.25) is 4.99 Å². The fourth-order valence-corrected chi connectivity index (χ4v) is 5.86. The second kappa shape index (κ2) is 11.5. The van der Waals surface area contributed by atoms with Crippen LogP contribution in [-0.4, -0.2) is 55.7 Å². The van der Waals surface area contributed by atoms with Gasteiger partial charge in [0.05, 0.1) is 5.75 Å². The Labute approximate surface area is 197 Å². The molecule has 1 fully saturated rings. The van der Waals surface area contributed by atoms with E-state index in [2.05, 4.69) is 15.6 Å². The molecule has 3 rings (SSSR count). The van der Waals surface area contributed by atoms with Crippen molar-refractivity contribution in [2.45, 2.75) is 64.5 Å². The van der Waals surface area contributed by atoms with Gasteiger partial charge in [0.15, 0.2) is 5.96 Å². The first-order valence-corrected chi connectivity index (χ1v) is 12.3. The number of hydrogen-bond donors (Lipinski definition) is 3. The Morgan fingerprint density at radius 2 is 1.93 bits per heavy atom. The van der Waals surface area contributed by atoms with Crippen LogP contribution in [0.5, 0.6) is 5.75 Å². The Morgan fingerprint density at radius 1 is 1.23 bits per heavy atom. The molecule has 1 aromatic rings. The lowest BCUT2D eigenvalue weighted by Gasteiger charge is -2.32. The number of aryl methyl sites for hydroxylation is 1. The van der Waals surface area contributed by atoms with Crippen molar-refractivity contribution in [3.8, 4) is 5.75 Å². The molecule has 0 aromatic heterocycles. The monoisotopic (exact) mass is 550 g/mol. The van der Waals surface area contributed by atoms with Gasteiger partial charge in [0, 0.05) is 38.3 Å². The van der Waals surface area contributed by atoms with Gasteiger partial charge in [0.25, 0.3) is 0 Å². The molecule has 0 bridgehead atoms. The van der Waals surface area contributed by atoms with E-state index in [1.54, 1.807) is 17.4 Å². The molecule has 0 spiro atoms. The summed E-state index contributed by atoms with van der Waals surface area (Å²) in [6.45, 7) is 3.51. The molecule has 1 aromatic carbocycles. The largest absolute Gasteiger partial charge is 0.508 e. The normalized spacial score (nSPS) is 18.4. The highest BCUT2D eigenvalue weighted by molar-refractivity contribution is 14.0. The average molecular weight is 551 g/mol. The van der Waals surface area contributed by atoms with Gasteiger partial charge in [-0.05, 0) is 62.1 Å². The molecule has 0 radical (unpaired) electrons. The minimum Gasteiger partial charge on any atom is -0.508 e. The molecular formula is C21H35IN4O3S.